The van der Waals surface area contributed by atoms with Crippen LogP contribution < -0.4 is 5.73 Å². The van der Waals surface area contributed by atoms with E-state index in [1.807, 2.05) is 17.7 Å². The lowest BCUT2D eigenvalue weighted by Gasteiger charge is -2.12. The second-order valence-electron chi connectivity index (χ2n) is 5.91. The van der Waals surface area contributed by atoms with Gasteiger partial charge in [-0.25, -0.2) is 0 Å². The third-order valence-electron chi connectivity index (χ3n) is 4.42. The number of carbonyl (C=O) groups excluding carboxylic acids is 1. The third-order valence-corrected chi connectivity index (χ3v) is 4.42. The van der Waals surface area contributed by atoms with Crippen molar-refractivity contribution in [3.8, 4) is 11.4 Å². The number of fused-ring (bicyclic) bond motifs is 1. The Labute approximate surface area is 138 Å². The first-order valence-corrected chi connectivity index (χ1v) is 7.95. The summed E-state index contributed by atoms with van der Waals surface area (Å²) in [6.07, 6.45) is 5.83. The highest BCUT2D eigenvalue weighted by molar-refractivity contribution is 5.92. The monoisotopic (exact) mass is 323 g/mol. The van der Waals surface area contributed by atoms with Gasteiger partial charge in [-0.2, -0.15) is 10.1 Å². The molecule has 3 aromatic rings. The molecular weight excluding hydrogens is 306 g/mol. The van der Waals surface area contributed by atoms with E-state index in [4.69, 9.17) is 10.3 Å². The maximum absolute atomic E-state index is 11.2. The molecule has 2 heterocycles. The highest BCUT2D eigenvalue weighted by atomic mass is 16.5. The molecule has 1 atom stereocenters. The topological polar surface area (TPSA) is 99.8 Å². The third kappa shape index (κ3) is 2.38. The number of aromatic nitrogens is 4. The van der Waals surface area contributed by atoms with Gasteiger partial charge in [0.1, 0.15) is 0 Å². The van der Waals surface area contributed by atoms with Crippen LogP contribution in [-0.4, -0.2) is 25.8 Å². The van der Waals surface area contributed by atoms with Crippen molar-refractivity contribution in [3.05, 3.63) is 53.2 Å². The van der Waals surface area contributed by atoms with E-state index < -0.39 is 5.91 Å². The average Bonchev–Trinajstić information content (AvgIpc) is 3.31. The molecule has 4 rings (SSSR count). The number of benzene rings is 1. The summed E-state index contributed by atoms with van der Waals surface area (Å²) in [5, 5.41) is 8.32. The summed E-state index contributed by atoms with van der Waals surface area (Å²) in [6.45, 7) is 1.98. The molecule has 122 valence electrons. The molecule has 0 saturated carbocycles. The number of hydrogen-bond acceptors (Lipinski definition) is 5. The van der Waals surface area contributed by atoms with Crippen molar-refractivity contribution >= 4 is 5.91 Å². The Hall–Kier alpha value is -2.96. The molecule has 1 aliphatic carbocycles. The van der Waals surface area contributed by atoms with Gasteiger partial charge in [-0.15, -0.1) is 0 Å². The lowest BCUT2D eigenvalue weighted by molar-refractivity contribution is 0.1000. The number of primary amides is 1. The highest BCUT2D eigenvalue weighted by Gasteiger charge is 2.26. The second kappa shape index (κ2) is 5.59. The Morgan fingerprint density at radius 2 is 2.33 bits per heavy atom. The van der Waals surface area contributed by atoms with Crippen LogP contribution in [0, 0.1) is 0 Å². The average molecular weight is 323 g/mol. The highest BCUT2D eigenvalue weighted by Crippen LogP contribution is 2.36. The van der Waals surface area contributed by atoms with Crippen LogP contribution in [-0.2, 0) is 12.8 Å². The summed E-state index contributed by atoms with van der Waals surface area (Å²) in [7, 11) is 0. The number of carbonyl (C=O) groups is 1. The van der Waals surface area contributed by atoms with Gasteiger partial charge in [-0.05, 0) is 30.0 Å². The fourth-order valence-electron chi connectivity index (χ4n) is 3.16. The molecular formula is C17H17N5O2. The van der Waals surface area contributed by atoms with Crippen molar-refractivity contribution in [2.75, 3.05) is 0 Å². The van der Waals surface area contributed by atoms with Gasteiger partial charge in [-0.3, -0.25) is 9.48 Å². The molecule has 0 bridgehead atoms. The predicted molar refractivity (Wildman–Crippen MR) is 86.3 cm³/mol. The molecule has 7 heteroatoms. The molecule has 0 radical (unpaired) electrons. The molecule has 1 aliphatic rings. The van der Waals surface area contributed by atoms with Gasteiger partial charge in [0.25, 0.3) is 5.91 Å². The quantitative estimate of drug-likeness (QED) is 0.793. The maximum Gasteiger partial charge on any atom is 0.251 e. The second-order valence-corrected chi connectivity index (χ2v) is 5.91. The van der Waals surface area contributed by atoms with Gasteiger partial charge >= 0.3 is 0 Å². The molecule has 1 aromatic carbocycles. The van der Waals surface area contributed by atoms with Gasteiger partial charge in [0, 0.05) is 18.2 Å². The molecule has 0 spiro atoms. The normalized spacial score (nSPS) is 16.3. The number of nitrogens with two attached hydrogens (primary N) is 1. The van der Waals surface area contributed by atoms with E-state index in [9.17, 15) is 4.79 Å². The Balaban J connectivity index is 1.65. The van der Waals surface area contributed by atoms with Crippen LogP contribution in [0.2, 0.25) is 0 Å². The summed E-state index contributed by atoms with van der Waals surface area (Å²) in [6, 6.07) is 6.31. The van der Waals surface area contributed by atoms with Gasteiger partial charge in [0.15, 0.2) is 0 Å². The van der Waals surface area contributed by atoms with Crippen molar-refractivity contribution in [1.82, 2.24) is 19.9 Å². The first-order chi connectivity index (χ1) is 11.7. The minimum Gasteiger partial charge on any atom is -0.366 e. The molecule has 7 nitrogen and oxygen atoms in total. The summed E-state index contributed by atoms with van der Waals surface area (Å²) >= 11 is 0. The number of hydrogen-bond donors (Lipinski definition) is 1. The molecule has 0 unspecified atom stereocenters. The van der Waals surface area contributed by atoms with Crippen LogP contribution >= 0.6 is 0 Å². The van der Waals surface area contributed by atoms with Crippen molar-refractivity contribution < 1.29 is 9.32 Å². The molecule has 0 fully saturated rings. The van der Waals surface area contributed by atoms with Crippen molar-refractivity contribution in [2.24, 2.45) is 5.73 Å². The lowest BCUT2D eigenvalue weighted by Crippen LogP contribution is -2.11. The van der Waals surface area contributed by atoms with Crippen molar-refractivity contribution in [3.63, 3.8) is 0 Å². The number of rotatable bonds is 4. The molecule has 24 heavy (non-hydrogen) atoms. The fourth-order valence-corrected chi connectivity index (χ4v) is 3.16. The van der Waals surface area contributed by atoms with Gasteiger partial charge in [-0.1, -0.05) is 24.2 Å². The maximum atomic E-state index is 11.2. The van der Waals surface area contributed by atoms with Crippen LogP contribution in [0.4, 0.5) is 0 Å². The Kier molecular flexibility index (Phi) is 3.41. The van der Waals surface area contributed by atoms with Crippen LogP contribution in [0.5, 0.6) is 0 Å². The first kappa shape index (κ1) is 14.6. The van der Waals surface area contributed by atoms with E-state index in [0.717, 1.165) is 24.8 Å². The molecule has 1 amide bonds. The van der Waals surface area contributed by atoms with Crippen molar-refractivity contribution in [1.29, 1.82) is 0 Å². The zero-order valence-electron chi connectivity index (χ0n) is 13.3. The van der Waals surface area contributed by atoms with Crippen LogP contribution in [0.25, 0.3) is 11.4 Å². The van der Waals surface area contributed by atoms with Crippen molar-refractivity contribution in [2.45, 2.75) is 32.2 Å². The summed E-state index contributed by atoms with van der Waals surface area (Å²) in [5.41, 5.74) is 9.14. The van der Waals surface area contributed by atoms with E-state index in [2.05, 4.69) is 27.4 Å². The molecule has 2 aromatic heterocycles. The Morgan fingerprint density at radius 3 is 3.04 bits per heavy atom. The largest absolute Gasteiger partial charge is 0.366 e. The smallest absolute Gasteiger partial charge is 0.251 e. The molecule has 0 saturated heterocycles. The Morgan fingerprint density at radius 1 is 1.46 bits per heavy atom. The predicted octanol–water partition coefficient (Wildman–Crippen LogP) is 2.13. The van der Waals surface area contributed by atoms with Gasteiger partial charge in [0.05, 0.1) is 17.8 Å². The van der Waals surface area contributed by atoms with E-state index >= 15 is 0 Å². The first-order valence-electron chi connectivity index (χ1n) is 7.95. The fraction of sp³-hybridized carbons (Fsp3) is 0.294. The van der Waals surface area contributed by atoms with Crippen LogP contribution in [0.3, 0.4) is 0 Å². The zero-order valence-corrected chi connectivity index (χ0v) is 13.3. The van der Waals surface area contributed by atoms with Gasteiger partial charge in [0.2, 0.25) is 11.7 Å². The van der Waals surface area contributed by atoms with Crippen LogP contribution in [0.1, 0.15) is 46.8 Å². The summed E-state index contributed by atoms with van der Waals surface area (Å²) in [5.74, 6) is 0.797. The van der Waals surface area contributed by atoms with E-state index in [1.54, 1.807) is 6.20 Å². The minimum atomic E-state index is -0.460. The number of nitrogens with zero attached hydrogens (tertiary/aromatic N) is 4. The zero-order chi connectivity index (χ0) is 16.7. The number of aryl methyl sites for hydroxylation is 2. The van der Waals surface area contributed by atoms with Gasteiger partial charge < -0.3 is 10.3 Å². The molecule has 0 aliphatic heterocycles. The summed E-state index contributed by atoms with van der Waals surface area (Å²) in [4.78, 5) is 15.6. The van der Waals surface area contributed by atoms with E-state index in [1.165, 1.54) is 17.3 Å². The molecule has 2 N–H and O–H groups in total. The SMILES string of the molecule is CCc1nc(-c2ccc3c(c2)CC[C@H]3n2cc(C(N)=O)cn2)no1. The Bertz CT molecular complexity index is 911. The summed E-state index contributed by atoms with van der Waals surface area (Å²) < 4.78 is 7.00. The minimum absolute atomic E-state index is 0.124. The lowest BCUT2D eigenvalue weighted by atomic mass is 10.0. The standard InChI is InChI=1S/C17H17N5O2/c1-2-15-20-17(21-24-15)11-3-5-13-10(7-11)4-6-14(13)22-9-12(8-19-22)16(18)23/h3,5,7-9,14H,2,4,6H2,1H3,(H2,18,23)/t14-/m1/s1. The number of amides is 1. The van der Waals surface area contributed by atoms with Crippen LogP contribution in [0.15, 0.2) is 35.1 Å². The van der Waals surface area contributed by atoms with E-state index in [0.29, 0.717) is 17.3 Å². The van der Waals surface area contributed by atoms with E-state index in [-0.39, 0.29) is 6.04 Å².